The summed E-state index contributed by atoms with van der Waals surface area (Å²) >= 11 is 0. The largest absolute Gasteiger partial charge is 0.459 e. The van der Waals surface area contributed by atoms with E-state index >= 15 is 0 Å². The van der Waals surface area contributed by atoms with Crippen molar-refractivity contribution in [1.82, 2.24) is 10.3 Å². The van der Waals surface area contributed by atoms with E-state index in [1.165, 1.54) is 0 Å². The Morgan fingerprint density at radius 2 is 1.79 bits per heavy atom. The predicted octanol–water partition coefficient (Wildman–Crippen LogP) is 4.52. The molecule has 0 saturated heterocycles. The summed E-state index contributed by atoms with van der Waals surface area (Å²) in [5.74, 6) is -0.525. The molecule has 0 unspecified atom stereocenters. The van der Waals surface area contributed by atoms with E-state index in [4.69, 9.17) is 4.74 Å². The van der Waals surface area contributed by atoms with Gasteiger partial charge in [-0.2, -0.15) is 0 Å². The first-order chi connectivity index (χ1) is 14.2. The zero-order valence-corrected chi connectivity index (χ0v) is 16.8. The molecule has 0 spiro atoms. The van der Waals surface area contributed by atoms with Crippen LogP contribution < -0.4 is 5.32 Å². The van der Waals surface area contributed by atoms with Crippen LogP contribution in [0.2, 0.25) is 0 Å². The number of carbonyl (C=O) groups excluding carboxylic acids is 2. The van der Waals surface area contributed by atoms with Gasteiger partial charge in [0.2, 0.25) is 5.91 Å². The SMILES string of the molecule is CCCCCC(=O)N[C@@H](Cc1c[nH]c2ccccc12)C(=O)OCc1ccccc1. The summed E-state index contributed by atoms with van der Waals surface area (Å²) in [4.78, 5) is 28.4. The van der Waals surface area contributed by atoms with E-state index in [1.807, 2.05) is 60.8 Å². The topological polar surface area (TPSA) is 71.2 Å². The molecule has 2 N–H and O–H groups in total. The molecule has 0 radical (unpaired) electrons. The van der Waals surface area contributed by atoms with Crippen molar-refractivity contribution < 1.29 is 14.3 Å². The third-order valence-corrected chi connectivity index (χ3v) is 4.95. The fourth-order valence-corrected chi connectivity index (χ4v) is 3.35. The lowest BCUT2D eigenvalue weighted by Crippen LogP contribution is -2.43. The molecule has 1 atom stereocenters. The molecule has 152 valence electrons. The van der Waals surface area contributed by atoms with Crippen molar-refractivity contribution in [2.45, 2.75) is 51.7 Å². The van der Waals surface area contributed by atoms with E-state index < -0.39 is 12.0 Å². The van der Waals surface area contributed by atoms with Crippen LogP contribution >= 0.6 is 0 Å². The first kappa shape index (κ1) is 20.6. The fourth-order valence-electron chi connectivity index (χ4n) is 3.35. The van der Waals surface area contributed by atoms with Crippen molar-refractivity contribution >= 4 is 22.8 Å². The number of H-pyrrole nitrogens is 1. The third kappa shape index (κ3) is 5.95. The Kier molecular flexibility index (Phi) is 7.45. The number of ether oxygens (including phenoxy) is 1. The lowest BCUT2D eigenvalue weighted by molar-refractivity contribution is -0.149. The van der Waals surface area contributed by atoms with Crippen LogP contribution in [0.25, 0.3) is 10.9 Å². The van der Waals surface area contributed by atoms with E-state index in [2.05, 4.69) is 17.2 Å². The van der Waals surface area contributed by atoms with Crippen LogP contribution in [0.15, 0.2) is 60.8 Å². The number of esters is 1. The molecule has 2 aromatic carbocycles. The molecule has 5 heteroatoms. The minimum atomic E-state index is -0.716. The Labute approximate surface area is 171 Å². The predicted molar refractivity (Wildman–Crippen MR) is 114 cm³/mol. The maximum atomic E-state index is 12.8. The second-order valence-electron chi connectivity index (χ2n) is 7.23. The first-order valence-electron chi connectivity index (χ1n) is 10.2. The number of hydrogen-bond acceptors (Lipinski definition) is 3. The summed E-state index contributed by atoms with van der Waals surface area (Å²) in [5, 5.41) is 3.94. The van der Waals surface area contributed by atoms with Crippen LogP contribution in [0.4, 0.5) is 0 Å². The molecule has 0 saturated carbocycles. The maximum Gasteiger partial charge on any atom is 0.329 e. The van der Waals surface area contributed by atoms with Gasteiger partial charge >= 0.3 is 5.97 Å². The number of nitrogens with one attached hydrogen (secondary N) is 2. The molecule has 3 rings (SSSR count). The van der Waals surface area contributed by atoms with Gasteiger partial charge in [0.15, 0.2) is 0 Å². The highest BCUT2D eigenvalue weighted by atomic mass is 16.5. The van der Waals surface area contributed by atoms with Crippen molar-refractivity contribution in [2.24, 2.45) is 0 Å². The molecule has 1 aromatic heterocycles. The molecule has 0 aliphatic carbocycles. The van der Waals surface area contributed by atoms with Gasteiger partial charge in [0.1, 0.15) is 12.6 Å². The Morgan fingerprint density at radius 3 is 2.59 bits per heavy atom. The molecule has 0 bridgehead atoms. The lowest BCUT2D eigenvalue weighted by Gasteiger charge is -2.18. The minimum Gasteiger partial charge on any atom is -0.459 e. The van der Waals surface area contributed by atoms with E-state index in [1.54, 1.807) is 0 Å². The van der Waals surface area contributed by atoms with Gasteiger partial charge < -0.3 is 15.0 Å². The zero-order chi connectivity index (χ0) is 20.5. The highest BCUT2D eigenvalue weighted by Gasteiger charge is 2.24. The molecule has 1 amide bonds. The van der Waals surface area contributed by atoms with Crippen molar-refractivity contribution in [1.29, 1.82) is 0 Å². The molecule has 3 aromatic rings. The summed E-state index contributed by atoms with van der Waals surface area (Å²) in [5.41, 5.74) is 2.91. The summed E-state index contributed by atoms with van der Waals surface area (Å²) < 4.78 is 5.51. The van der Waals surface area contributed by atoms with Crippen LogP contribution in [0.5, 0.6) is 0 Å². The van der Waals surface area contributed by atoms with Gasteiger partial charge in [0.05, 0.1) is 0 Å². The molecule has 0 aliphatic rings. The fraction of sp³-hybridized carbons (Fsp3) is 0.333. The first-order valence-corrected chi connectivity index (χ1v) is 10.2. The standard InChI is InChI=1S/C24H28N2O3/c1-2-3-5-14-23(27)26-22(24(28)29-17-18-10-6-4-7-11-18)15-19-16-25-21-13-9-8-12-20(19)21/h4,6-13,16,22,25H,2-3,5,14-15,17H2,1H3,(H,26,27)/t22-/m0/s1. The summed E-state index contributed by atoms with van der Waals surface area (Å²) in [6.45, 7) is 2.29. The van der Waals surface area contributed by atoms with Crippen LogP contribution in [-0.2, 0) is 27.4 Å². The number of para-hydroxylation sites is 1. The number of fused-ring (bicyclic) bond motifs is 1. The monoisotopic (exact) mass is 392 g/mol. The second kappa shape index (κ2) is 10.5. The van der Waals surface area contributed by atoms with Crippen molar-refractivity contribution in [3.63, 3.8) is 0 Å². The van der Waals surface area contributed by atoms with E-state index in [-0.39, 0.29) is 12.5 Å². The van der Waals surface area contributed by atoms with Gasteiger partial charge in [-0.3, -0.25) is 4.79 Å². The number of benzene rings is 2. The Bertz CT molecular complexity index is 933. The molecular formula is C24H28N2O3. The van der Waals surface area contributed by atoms with Crippen molar-refractivity contribution in [3.8, 4) is 0 Å². The highest BCUT2D eigenvalue weighted by molar-refractivity contribution is 5.87. The number of unbranched alkanes of at least 4 members (excludes halogenated alkanes) is 2. The molecule has 5 nitrogen and oxygen atoms in total. The molecule has 29 heavy (non-hydrogen) atoms. The highest BCUT2D eigenvalue weighted by Crippen LogP contribution is 2.19. The second-order valence-corrected chi connectivity index (χ2v) is 7.23. The Balaban J connectivity index is 1.69. The molecule has 1 heterocycles. The lowest BCUT2D eigenvalue weighted by atomic mass is 10.0. The van der Waals surface area contributed by atoms with E-state index in [0.29, 0.717) is 12.8 Å². The number of aromatic nitrogens is 1. The number of rotatable bonds is 10. The summed E-state index contributed by atoms with van der Waals surface area (Å²) in [7, 11) is 0. The van der Waals surface area contributed by atoms with Gasteiger partial charge in [-0.1, -0.05) is 68.3 Å². The van der Waals surface area contributed by atoms with Crippen molar-refractivity contribution in [3.05, 3.63) is 71.9 Å². The zero-order valence-electron chi connectivity index (χ0n) is 16.8. The van der Waals surface area contributed by atoms with Gasteiger partial charge in [-0.15, -0.1) is 0 Å². The van der Waals surface area contributed by atoms with E-state index in [9.17, 15) is 9.59 Å². The average molecular weight is 392 g/mol. The quantitative estimate of drug-likeness (QED) is 0.394. The van der Waals surface area contributed by atoms with Gasteiger partial charge in [-0.25, -0.2) is 4.79 Å². The normalized spacial score (nSPS) is 11.9. The number of hydrogen-bond donors (Lipinski definition) is 2. The van der Waals surface area contributed by atoms with E-state index in [0.717, 1.165) is 41.3 Å². The van der Waals surface area contributed by atoms with Crippen molar-refractivity contribution in [2.75, 3.05) is 0 Å². The van der Waals surface area contributed by atoms with Crippen LogP contribution in [0, 0.1) is 0 Å². The summed E-state index contributed by atoms with van der Waals surface area (Å²) in [6.07, 6.45) is 5.57. The van der Waals surface area contributed by atoms with Crippen LogP contribution in [0.3, 0.4) is 0 Å². The number of aromatic amines is 1. The van der Waals surface area contributed by atoms with Crippen LogP contribution in [-0.4, -0.2) is 22.9 Å². The third-order valence-electron chi connectivity index (χ3n) is 4.95. The number of amides is 1. The molecular weight excluding hydrogens is 364 g/mol. The minimum absolute atomic E-state index is 0.111. The van der Waals surface area contributed by atoms with Gasteiger partial charge in [-0.05, 0) is 23.6 Å². The molecule has 0 aliphatic heterocycles. The maximum absolute atomic E-state index is 12.8. The summed E-state index contributed by atoms with van der Waals surface area (Å²) in [6, 6.07) is 16.8. The van der Waals surface area contributed by atoms with Crippen LogP contribution in [0.1, 0.15) is 43.7 Å². The Morgan fingerprint density at radius 1 is 1.03 bits per heavy atom. The average Bonchev–Trinajstić information content (AvgIpc) is 3.15. The Hall–Kier alpha value is -3.08. The van der Waals surface area contributed by atoms with Gasteiger partial charge in [0.25, 0.3) is 0 Å². The smallest absolute Gasteiger partial charge is 0.329 e. The number of carbonyl (C=O) groups is 2. The molecule has 0 fully saturated rings. The van der Waals surface area contributed by atoms with Gasteiger partial charge in [0, 0.05) is 29.9 Å².